The van der Waals surface area contributed by atoms with Gasteiger partial charge in [-0.1, -0.05) is 29.8 Å². The third-order valence-electron chi connectivity index (χ3n) is 2.66. The minimum absolute atomic E-state index is 0.0815. The molecule has 1 rings (SSSR count). The number of alkyl halides is 1. The molecule has 0 saturated carbocycles. The average Bonchev–Trinajstić information content (AvgIpc) is 2.26. The summed E-state index contributed by atoms with van der Waals surface area (Å²) in [7, 11) is 0. The van der Waals surface area contributed by atoms with E-state index in [1.807, 2.05) is 13.8 Å². The Morgan fingerprint density at radius 1 is 1.60 bits per heavy atom. The van der Waals surface area contributed by atoms with Crippen molar-refractivity contribution >= 4 is 21.8 Å². The molecule has 1 heterocycles. The van der Waals surface area contributed by atoms with Crippen molar-refractivity contribution in [3.8, 4) is 0 Å². The van der Waals surface area contributed by atoms with E-state index in [0.717, 1.165) is 32.6 Å². The summed E-state index contributed by atoms with van der Waals surface area (Å²) in [4.78, 5) is 11.5. The van der Waals surface area contributed by atoms with Gasteiger partial charge in [-0.2, -0.15) is 0 Å². The fourth-order valence-corrected chi connectivity index (χ4v) is 1.78. The lowest BCUT2D eigenvalue weighted by molar-refractivity contribution is -0.121. The number of carbonyl (C=O) groups is 1. The van der Waals surface area contributed by atoms with E-state index < -0.39 is 0 Å². The number of hydrogen-bond acceptors (Lipinski definition) is 2. The van der Waals surface area contributed by atoms with Crippen LogP contribution in [-0.2, 0) is 9.53 Å². The zero-order valence-corrected chi connectivity index (χ0v) is 11.0. The standard InChI is InChI=1S/C11H20BrNO2/c1-8(2)10(12)11(14)13-6-9-4-3-5-15-7-9/h8-10H,3-7H2,1-2H3,(H,13,14). The van der Waals surface area contributed by atoms with Crippen molar-refractivity contribution in [1.29, 1.82) is 0 Å². The first kappa shape index (κ1) is 13.0. The van der Waals surface area contributed by atoms with Crippen LogP contribution in [-0.4, -0.2) is 30.5 Å². The second-order valence-corrected chi connectivity index (χ2v) is 5.46. The molecular weight excluding hydrogens is 258 g/mol. The number of rotatable bonds is 4. The highest BCUT2D eigenvalue weighted by molar-refractivity contribution is 9.10. The lowest BCUT2D eigenvalue weighted by Gasteiger charge is -2.23. The molecule has 88 valence electrons. The number of hydrogen-bond donors (Lipinski definition) is 1. The zero-order chi connectivity index (χ0) is 11.3. The number of ether oxygens (including phenoxy) is 1. The molecule has 3 nitrogen and oxygen atoms in total. The highest BCUT2D eigenvalue weighted by Gasteiger charge is 2.20. The van der Waals surface area contributed by atoms with Crippen molar-refractivity contribution in [2.24, 2.45) is 11.8 Å². The normalized spacial score (nSPS) is 23.9. The maximum Gasteiger partial charge on any atom is 0.234 e. The minimum Gasteiger partial charge on any atom is -0.381 e. The largest absolute Gasteiger partial charge is 0.381 e. The molecule has 1 saturated heterocycles. The molecule has 1 aliphatic rings. The summed E-state index contributed by atoms with van der Waals surface area (Å²) in [6.45, 7) is 6.46. The summed E-state index contributed by atoms with van der Waals surface area (Å²) >= 11 is 3.39. The van der Waals surface area contributed by atoms with Crippen LogP contribution in [0.5, 0.6) is 0 Å². The quantitative estimate of drug-likeness (QED) is 0.798. The highest BCUT2D eigenvalue weighted by Crippen LogP contribution is 2.14. The van der Waals surface area contributed by atoms with Crippen molar-refractivity contribution < 1.29 is 9.53 Å². The van der Waals surface area contributed by atoms with Gasteiger partial charge in [-0.25, -0.2) is 0 Å². The lowest BCUT2D eigenvalue weighted by Crippen LogP contribution is -2.38. The van der Waals surface area contributed by atoms with Gasteiger partial charge in [0.15, 0.2) is 0 Å². The second-order valence-electron chi connectivity index (χ2n) is 4.47. The first-order valence-electron chi connectivity index (χ1n) is 5.60. The molecule has 1 fully saturated rings. The molecule has 0 radical (unpaired) electrons. The van der Waals surface area contributed by atoms with Gasteiger partial charge in [0.1, 0.15) is 0 Å². The van der Waals surface area contributed by atoms with Gasteiger partial charge in [0.05, 0.1) is 11.4 Å². The third-order valence-corrected chi connectivity index (χ3v) is 4.13. The van der Waals surface area contributed by atoms with Crippen LogP contribution in [0.4, 0.5) is 0 Å². The van der Waals surface area contributed by atoms with Crippen molar-refractivity contribution in [2.45, 2.75) is 31.5 Å². The summed E-state index contributed by atoms with van der Waals surface area (Å²) < 4.78 is 5.36. The smallest absolute Gasteiger partial charge is 0.234 e. The summed E-state index contributed by atoms with van der Waals surface area (Å²) in [6, 6.07) is 0. The van der Waals surface area contributed by atoms with E-state index in [1.165, 1.54) is 0 Å². The molecule has 2 atom stereocenters. The zero-order valence-electron chi connectivity index (χ0n) is 9.46. The SMILES string of the molecule is CC(C)C(Br)C(=O)NCC1CCCOC1. The van der Waals surface area contributed by atoms with Crippen molar-refractivity contribution in [3.05, 3.63) is 0 Å². The summed E-state index contributed by atoms with van der Waals surface area (Å²) in [5.41, 5.74) is 0. The Kier molecular flexibility index (Phi) is 5.61. The molecule has 0 aromatic heterocycles. The van der Waals surface area contributed by atoms with Gasteiger partial charge >= 0.3 is 0 Å². The predicted octanol–water partition coefficient (Wildman–Crippen LogP) is 1.95. The lowest BCUT2D eigenvalue weighted by atomic mass is 10.0. The Labute approximate surface area is 100 Å². The van der Waals surface area contributed by atoms with Gasteiger partial charge in [-0.05, 0) is 24.7 Å². The van der Waals surface area contributed by atoms with Crippen LogP contribution in [0, 0.1) is 11.8 Å². The molecule has 2 unspecified atom stereocenters. The molecule has 0 spiro atoms. The predicted molar refractivity (Wildman–Crippen MR) is 64.1 cm³/mol. The van der Waals surface area contributed by atoms with Gasteiger partial charge in [0.25, 0.3) is 0 Å². The summed E-state index contributed by atoms with van der Waals surface area (Å²) in [5, 5.41) is 2.97. The number of amides is 1. The van der Waals surface area contributed by atoms with Gasteiger partial charge < -0.3 is 10.1 Å². The van der Waals surface area contributed by atoms with Crippen LogP contribution < -0.4 is 5.32 Å². The molecule has 1 aliphatic heterocycles. The number of halogens is 1. The van der Waals surface area contributed by atoms with E-state index in [0.29, 0.717) is 11.8 Å². The molecule has 1 N–H and O–H groups in total. The van der Waals surface area contributed by atoms with E-state index in [-0.39, 0.29) is 10.7 Å². The molecule has 1 amide bonds. The fraction of sp³-hybridized carbons (Fsp3) is 0.909. The topological polar surface area (TPSA) is 38.3 Å². The average molecular weight is 278 g/mol. The molecule has 0 aromatic carbocycles. The number of nitrogens with one attached hydrogen (secondary N) is 1. The highest BCUT2D eigenvalue weighted by atomic mass is 79.9. The van der Waals surface area contributed by atoms with Crippen LogP contribution in [0.3, 0.4) is 0 Å². The van der Waals surface area contributed by atoms with E-state index in [9.17, 15) is 4.79 Å². The molecule has 0 aromatic rings. The van der Waals surface area contributed by atoms with E-state index >= 15 is 0 Å². The van der Waals surface area contributed by atoms with Gasteiger partial charge in [0.2, 0.25) is 5.91 Å². The first-order valence-corrected chi connectivity index (χ1v) is 6.52. The van der Waals surface area contributed by atoms with Crippen LogP contribution in [0.15, 0.2) is 0 Å². The van der Waals surface area contributed by atoms with Crippen LogP contribution >= 0.6 is 15.9 Å². The Morgan fingerprint density at radius 2 is 2.33 bits per heavy atom. The Bertz CT molecular complexity index is 203. The van der Waals surface area contributed by atoms with Crippen LogP contribution in [0.2, 0.25) is 0 Å². The Morgan fingerprint density at radius 3 is 2.87 bits per heavy atom. The molecule has 0 bridgehead atoms. The molecule has 15 heavy (non-hydrogen) atoms. The maximum absolute atomic E-state index is 11.6. The van der Waals surface area contributed by atoms with Crippen molar-refractivity contribution in [3.63, 3.8) is 0 Å². The second kappa shape index (κ2) is 6.48. The minimum atomic E-state index is -0.0815. The van der Waals surface area contributed by atoms with Crippen LogP contribution in [0.25, 0.3) is 0 Å². The maximum atomic E-state index is 11.6. The van der Waals surface area contributed by atoms with Crippen molar-refractivity contribution in [2.75, 3.05) is 19.8 Å². The molecule has 0 aliphatic carbocycles. The van der Waals surface area contributed by atoms with Gasteiger partial charge in [-0.3, -0.25) is 4.79 Å². The first-order chi connectivity index (χ1) is 7.11. The fourth-order valence-electron chi connectivity index (χ4n) is 1.61. The molecule has 4 heteroatoms. The number of carbonyl (C=O) groups excluding carboxylic acids is 1. The van der Waals surface area contributed by atoms with Crippen molar-refractivity contribution in [1.82, 2.24) is 5.32 Å². The summed E-state index contributed by atoms with van der Waals surface area (Å²) in [6.07, 6.45) is 2.28. The van der Waals surface area contributed by atoms with Gasteiger partial charge in [-0.15, -0.1) is 0 Å². The Balaban J connectivity index is 2.20. The van der Waals surface area contributed by atoms with Gasteiger partial charge in [0, 0.05) is 13.2 Å². The third kappa shape index (κ3) is 4.51. The Hall–Kier alpha value is -0.0900. The molecular formula is C11H20BrNO2. The van der Waals surface area contributed by atoms with E-state index in [2.05, 4.69) is 21.2 Å². The monoisotopic (exact) mass is 277 g/mol. The van der Waals surface area contributed by atoms with E-state index in [4.69, 9.17) is 4.74 Å². The van der Waals surface area contributed by atoms with Crippen LogP contribution in [0.1, 0.15) is 26.7 Å². The van der Waals surface area contributed by atoms with E-state index in [1.54, 1.807) is 0 Å². The summed E-state index contributed by atoms with van der Waals surface area (Å²) in [5.74, 6) is 0.915.